The Morgan fingerprint density at radius 1 is 1.30 bits per heavy atom. The fraction of sp³-hybridized carbons (Fsp3) is 0.938. The molecule has 2 N–H and O–H groups in total. The maximum Gasteiger partial charge on any atom is 0.220 e. The molecule has 20 heavy (non-hydrogen) atoms. The molecule has 0 aromatic heterocycles. The van der Waals surface area contributed by atoms with Crippen molar-refractivity contribution in [3.8, 4) is 0 Å². The van der Waals surface area contributed by atoms with Crippen molar-refractivity contribution in [3.05, 3.63) is 0 Å². The Morgan fingerprint density at radius 3 is 2.50 bits per heavy atom. The van der Waals surface area contributed by atoms with Gasteiger partial charge in [0.1, 0.15) is 0 Å². The zero-order valence-electron chi connectivity index (χ0n) is 13.7. The van der Waals surface area contributed by atoms with Gasteiger partial charge >= 0.3 is 0 Å². The summed E-state index contributed by atoms with van der Waals surface area (Å²) in [7, 11) is 4.18. The van der Waals surface area contributed by atoms with Crippen LogP contribution in [0, 0.1) is 11.8 Å². The van der Waals surface area contributed by atoms with E-state index in [-0.39, 0.29) is 5.91 Å². The van der Waals surface area contributed by atoms with E-state index in [0.29, 0.717) is 18.4 Å². The number of nitrogens with one attached hydrogen (secondary N) is 2. The van der Waals surface area contributed by atoms with E-state index in [1.165, 1.54) is 12.8 Å². The van der Waals surface area contributed by atoms with Crippen LogP contribution < -0.4 is 10.6 Å². The minimum absolute atomic E-state index is 0.221. The molecule has 4 nitrogen and oxygen atoms in total. The first-order valence-corrected chi connectivity index (χ1v) is 8.13. The highest BCUT2D eigenvalue weighted by molar-refractivity contribution is 5.75. The Kier molecular flexibility index (Phi) is 8.15. The molecule has 0 bridgehead atoms. The maximum atomic E-state index is 12.0. The van der Waals surface area contributed by atoms with E-state index < -0.39 is 0 Å². The van der Waals surface area contributed by atoms with E-state index in [1.807, 2.05) is 0 Å². The van der Waals surface area contributed by atoms with Crippen molar-refractivity contribution in [2.24, 2.45) is 11.8 Å². The molecular formula is C16H33N3O. The Hall–Kier alpha value is -0.610. The minimum Gasteiger partial charge on any atom is -0.355 e. The first-order chi connectivity index (χ1) is 9.49. The van der Waals surface area contributed by atoms with E-state index >= 15 is 0 Å². The zero-order chi connectivity index (χ0) is 15.0. The largest absolute Gasteiger partial charge is 0.355 e. The standard InChI is InChI=1S/C16H33N3O/c1-13(2)11-15(19(3)4)12-18-16(20)6-5-14-7-9-17-10-8-14/h13-15,17H,5-12H2,1-4H3,(H,18,20). The Labute approximate surface area is 124 Å². The Balaban J connectivity index is 2.19. The number of carbonyl (C=O) groups excluding carboxylic acids is 1. The lowest BCUT2D eigenvalue weighted by atomic mass is 9.93. The molecule has 1 rings (SSSR count). The molecule has 1 atom stereocenters. The second-order valence-electron chi connectivity index (χ2n) is 6.78. The number of likely N-dealkylation sites (N-methyl/N-ethyl adjacent to an activating group) is 1. The summed E-state index contributed by atoms with van der Waals surface area (Å²) in [5.41, 5.74) is 0. The van der Waals surface area contributed by atoms with Crippen LogP contribution in [0.5, 0.6) is 0 Å². The summed E-state index contributed by atoms with van der Waals surface area (Å²) in [4.78, 5) is 14.2. The number of hydrogen-bond acceptors (Lipinski definition) is 3. The topological polar surface area (TPSA) is 44.4 Å². The lowest BCUT2D eigenvalue weighted by Gasteiger charge is -2.26. The summed E-state index contributed by atoms with van der Waals surface area (Å²) < 4.78 is 0. The average molecular weight is 283 g/mol. The molecule has 118 valence electrons. The van der Waals surface area contributed by atoms with E-state index in [9.17, 15) is 4.79 Å². The number of piperidine rings is 1. The highest BCUT2D eigenvalue weighted by Crippen LogP contribution is 2.17. The summed E-state index contributed by atoms with van der Waals surface area (Å²) in [6.45, 7) is 7.47. The van der Waals surface area contributed by atoms with Crippen LogP contribution in [-0.4, -0.2) is 50.6 Å². The maximum absolute atomic E-state index is 12.0. The summed E-state index contributed by atoms with van der Waals surface area (Å²) in [6.07, 6.45) is 5.31. The smallest absolute Gasteiger partial charge is 0.220 e. The lowest BCUT2D eigenvalue weighted by molar-refractivity contribution is -0.121. The quantitative estimate of drug-likeness (QED) is 0.714. The molecule has 0 radical (unpaired) electrons. The number of nitrogens with zero attached hydrogens (tertiary/aromatic N) is 1. The van der Waals surface area contributed by atoms with Crippen LogP contribution >= 0.6 is 0 Å². The molecule has 1 aliphatic heterocycles. The van der Waals surface area contributed by atoms with E-state index in [2.05, 4.69) is 43.5 Å². The number of amides is 1. The normalized spacial score (nSPS) is 18.5. The Bertz CT molecular complexity index is 273. The van der Waals surface area contributed by atoms with Crippen molar-refractivity contribution in [2.75, 3.05) is 33.7 Å². The molecule has 1 unspecified atom stereocenters. The molecule has 0 aromatic carbocycles. The molecule has 1 aliphatic rings. The van der Waals surface area contributed by atoms with E-state index in [4.69, 9.17) is 0 Å². The SMILES string of the molecule is CC(C)CC(CNC(=O)CCC1CCNCC1)N(C)C. The van der Waals surface area contributed by atoms with Crippen LogP contribution in [0.2, 0.25) is 0 Å². The molecule has 0 aliphatic carbocycles. The van der Waals surface area contributed by atoms with Crippen LogP contribution in [0.15, 0.2) is 0 Å². The monoisotopic (exact) mass is 283 g/mol. The van der Waals surface area contributed by atoms with Gasteiger partial charge in [0.15, 0.2) is 0 Å². The van der Waals surface area contributed by atoms with Gasteiger partial charge in [0.25, 0.3) is 0 Å². The zero-order valence-corrected chi connectivity index (χ0v) is 13.7. The van der Waals surface area contributed by atoms with Gasteiger partial charge in [0.05, 0.1) is 0 Å². The molecule has 0 saturated carbocycles. The third kappa shape index (κ3) is 7.25. The van der Waals surface area contributed by atoms with Gasteiger partial charge in [0, 0.05) is 19.0 Å². The minimum atomic E-state index is 0.221. The molecule has 1 saturated heterocycles. The molecule has 4 heteroatoms. The van der Waals surface area contributed by atoms with E-state index in [0.717, 1.165) is 38.4 Å². The first kappa shape index (κ1) is 17.4. The average Bonchev–Trinajstić information content (AvgIpc) is 2.41. The van der Waals surface area contributed by atoms with Gasteiger partial charge < -0.3 is 15.5 Å². The van der Waals surface area contributed by atoms with Crippen molar-refractivity contribution in [3.63, 3.8) is 0 Å². The fourth-order valence-corrected chi connectivity index (χ4v) is 2.85. The fourth-order valence-electron chi connectivity index (χ4n) is 2.85. The summed E-state index contributed by atoms with van der Waals surface area (Å²) in [5.74, 6) is 1.62. The second kappa shape index (κ2) is 9.35. The van der Waals surface area contributed by atoms with Gasteiger partial charge in [-0.3, -0.25) is 4.79 Å². The van der Waals surface area contributed by atoms with Gasteiger partial charge in [-0.2, -0.15) is 0 Å². The highest BCUT2D eigenvalue weighted by Gasteiger charge is 2.16. The van der Waals surface area contributed by atoms with Crippen molar-refractivity contribution >= 4 is 5.91 Å². The summed E-state index contributed by atoms with van der Waals surface area (Å²) in [6, 6.07) is 0.442. The number of carbonyl (C=O) groups is 1. The third-order valence-electron chi connectivity index (χ3n) is 4.25. The second-order valence-corrected chi connectivity index (χ2v) is 6.78. The predicted molar refractivity (Wildman–Crippen MR) is 84.8 cm³/mol. The number of rotatable bonds is 8. The summed E-state index contributed by atoms with van der Waals surface area (Å²) in [5, 5.41) is 6.48. The highest BCUT2D eigenvalue weighted by atomic mass is 16.1. The summed E-state index contributed by atoms with van der Waals surface area (Å²) >= 11 is 0. The Morgan fingerprint density at radius 2 is 1.95 bits per heavy atom. The van der Waals surface area contributed by atoms with Crippen LogP contribution in [0.25, 0.3) is 0 Å². The molecule has 1 heterocycles. The van der Waals surface area contributed by atoms with Crippen molar-refractivity contribution in [2.45, 2.75) is 52.0 Å². The van der Waals surface area contributed by atoms with Crippen molar-refractivity contribution < 1.29 is 4.79 Å². The van der Waals surface area contributed by atoms with Crippen LogP contribution in [0.1, 0.15) is 46.0 Å². The van der Waals surface area contributed by atoms with Crippen LogP contribution in [0.3, 0.4) is 0 Å². The predicted octanol–water partition coefficient (Wildman–Crippen LogP) is 1.86. The van der Waals surface area contributed by atoms with Gasteiger partial charge in [-0.1, -0.05) is 13.8 Å². The molecular weight excluding hydrogens is 250 g/mol. The van der Waals surface area contributed by atoms with Crippen LogP contribution in [0.4, 0.5) is 0 Å². The molecule has 1 amide bonds. The van der Waals surface area contributed by atoms with E-state index in [1.54, 1.807) is 0 Å². The van der Waals surface area contributed by atoms with Crippen LogP contribution in [-0.2, 0) is 4.79 Å². The van der Waals surface area contributed by atoms with Crippen molar-refractivity contribution in [1.82, 2.24) is 15.5 Å². The molecule has 0 aromatic rings. The molecule has 0 spiro atoms. The number of hydrogen-bond donors (Lipinski definition) is 2. The first-order valence-electron chi connectivity index (χ1n) is 8.13. The van der Waals surface area contributed by atoms with Gasteiger partial charge in [-0.05, 0) is 64.7 Å². The lowest BCUT2D eigenvalue weighted by Crippen LogP contribution is -2.41. The van der Waals surface area contributed by atoms with Gasteiger partial charge in [-0.25, -0.2) is 0 Å². The van der Waals surface area contributed by atoms with Gasteiger partial charge in [-0.15, -0.1) is 0 Å². The van der Waals surface area contributed by atoms with Gasteiger partial charge in [0.2, 0.25) is 5.91 Å². The third-order valence-corrected chi connectivity index (χ3v) is 4.25. The molecule has 1 fully saturated rings. The van der Waals surface area contributed by atoms with Crippen molar-refractivity contribution in [1.29, 1.82) is 0 Å².